The Morgan fingerprint density at radius 3 is 1.42 bits per heavy atom. The summed E-state index contributed by atoms with van der Waals surface area (Å²) in [7, 11) is 0. The van der Waals surface area contributed by atoms with Gasteiger partial charge in [0.05, 0.1) is 57.0 Å². The molecule has 11 aromatic rings. The molecule has 3 aromatic heterocycles. The Hall–Kier alpha value is -7.86. The van der Waals surface area contributed by atoms with Gasteiger partial charge < -0.3 is 13.7 Å². The number of nitriles is 1. The lowest BCUT2D eigenvalue weighted by atomic mass is 10.0. The first kappa shape index (κ1) is 30.7. The zero-order valence-corrected chi connectivity index (χ0v) is 29.5. The lowest BCUT2D eigenvalue weighted by molar-refractivity contribution is 1.16. The number of fused-ring (bicyclic) bond motifs is 9. The first-order valence-corrected chi connectivity index (χ1v) is 18.3. The maximum absolute atomic E-state index is 9.91. The second-order valence-corrected chi connectivity index (χ2v) is 14.0. The topological polar surface area (TPSA) is 42.9 Å². The second-order valence-electron chi connectivity index (χ2n) is 14.0. The van der Waals surface area contributed by atoms with E-state index in [1.807, 2.05) is 24.3 Å². The molecule has 0 fully saturated rings. The van der Waals surface area contributed by atoms with E-state index < -0.39 is 0 Å². The van der Waals surface area contributed by atoms with Gasteiger partial charge in [0.25, 0.3) is 0 Å². The van der Waals surface area contributed by atoms with E-state index in [1.165, 1.54) is 21.5 Å². The average Bonchev–Trinajstić information content (AvgIpc) is 3.89. The van der Waals surface area contributed by atoms with Crippen molar-refractivity contribution in [3.8, 4) is 34.3 Å². The molecule has 0 unspecified atom stereocenters. The fourth-order valence-corrected chi connectivity index (χ4v) is 8.66. The molecule has 0 bridgehead atoms. The molecule has 0 spiro atoms. The van der Waals surface area contributed by atoms with E-state index >= 15 is 0 Å². The summed E-state index contributed by atoms with van der Waals surface area (Å²) in [6, 6.07) is 63.6. The van der Waals surface area contributed by atoms with Crippen LogP contribution in [0.4, 0.5) is 5.69 Å². The molecule has 8 aromatic carbocycles. The number of nitrogens with zero attached hydrogens (tertiary/aromatic N) is 5. The van der Waals surface area contributed by atoms with E-state index in [0.29, 0.717) is 11.3 Å². The summed E-state index contributed by atoms with van der Waals surface area (Å²) < 4.78 is 6.84. The van der Waals surface area contributed by atoms with Gasteiger partial charge in [0.2, 0.25) is 5.69 Å². The van der Waals surface area contributed by atoms with Gasteiger partial charge in [-0.1, -0.05) is 97.1 Å². The molecule has 0 saturated heterocycles. The third-order valence-corrected chi connectivity index (χ3v) is 11.1. The monoisotopic (exact) mass is 699 g/mol. The van der Waals surface area contributed by atoms with E-state index in [9.17, 15) is 5.26 Å². The molecule has 0 aliphatic heterocycles. The Morgan fingerprint density at radius 2 is 0.855 bits per heavy atom. The van der Waals surface area contributed by atoms with Gasteiger partial charge in [-0.25, -0.2) is 4.85 Å². The largest absolute Gasteiger partial charge is 0.319 e. The molecular formula is C50H29N5. The molecule has 3 heterocycles. The molecule has 0 aliphatic carbocycles. The average molecular weight is 700 g/mol. The summed E-state index contributed by atoms with van der Waals surface area (Å²) in [5.41, 5.74) is 12.9. The van der Waals surface area contributed by atoms with Gasteiger partial charge in [-0.2, -0.15) is 5.26 Å². The fourth-order valence-electron chi connectivity index (χ4n) is 8.66. The van der Waals surface area contributed by atoms with Crippen LogP contribution in [0.5, 0.6) is 0 Å². The molecule has 55 heavy (non-hydrogen) atoms. The number of rotatable bonds is 4. The molecule has 5 heteroatoms. The molecule has 0 saturated carbocycles. The summed E-state index contributed by atoms with van der Waals surface area (Å²) in [6.07, 6.45) is 0. The quantitative estimate of drug-likeness (QED) is 0.169. The van der Waals surface area contributed by atoms with Crippen LogP contribution in [-0.4, -0.2) is 13.7 Å². The molecule has 0 aliphatic rings. The summed E-state index contributed by atoms with van der Waals surface area (Å²) in [5.74, 6) is 0. The van der Waals surface area contributed by atoms with Crippen molar-refractivity contribution < 1.29 is 0 Å². The van der Waals surface area contributed by atoms with Crippen molar-refractivity contribution in [2.24, 2.45) is 0 Å². The highest BCUT2D eigenvalue weighted by atomic mass is 15.0. The zero-order chi connectivity index (χ0) is 36.6. The van der Waals surface area contributed by atoms with Crippen LogP contribution < -0.4 is 0 Å². The van der Waals surface area contributed by atoms with Crippen molar-refractivity contribution in [2.75, 3.05) is 0 Å². The number of para-hydroxylation sites is 4. The summed E-state index contributed by atoms with van der Waals surface area (Å²) in [4.78, 5) is 3.95. The van der Waals surface area contributed by atoms with Gasteiger partial charge in [0.1, 0.15) is 0 Å². The van der Waals surface area contributed by atoms with Gasteiger partial charge in [-0.05, 0) is 90.0 Å². The summed E-state index contributed by atoms with van der Waals surface area (Å²) in [6.45, 7) is 8.06. The van der Waals surface area contributed by atoms with Crippen LogP contribution in [0.2, 0.25) is 0 Å². The van der Waals surface area contributed by atoms with Crippen molar-refractivity contribution in [2.45, 2.75) is 0 Å². The lowest BCUT2D eigenvalue weighted by Crippen LogP contribution is -1.96. The molecular weight excluding hydrogens is 671 g/mol. The van der Waals surface area contributed by atoms with E-state index in [-0.39, 0.29) is 0 Å². The number of aromatic nitrogens is 3. The van der Waals surface area contributed by atoms with Crippen LogP contribution in [0.25, 0.3) is 98.5 Å². The Labute approximate surface area is 316 Å². The Kier molecular flexibility index (Phi) is 6.61. The molecule has 11 rings (SSSR count). The highest BCUT2D eigenvalue weighted by molar-refractivity contribution is 6.13. The predicted octanol–water partition coefficient (Wildman–Crippen LogP) is 13.1. The van der Waals surface area contributed by atoms with Crippen LogP contribution in [0, 0.1) is 17.9 Å². The normalized spacial score (nSPS) is 11.6. The number of benzene rings is 8. The first-order chi connectivity index (χ1) is 27.2. The molecule has 0 radical (unpaired) electrons. The van der Waals surface area contributed by atoms with Gasteiger partial charge in [0, 0.05) is 43.7 Å². The SMILES string of the molecule is [C-]#[N+]c1ccc(-c2ccc(-n3c4ccc(C#N)cc4c4cc(-n5c6ccccc6c6ccccc65)ccc43)cc2)cc1-n1c2ccccc2c2ccccc21. The Morgan fingerprint density at radius 1 is 0.400 bits per heavy atom. The van der Waals surface area contributed by atoms with Crippen LogP contribution in [0.1, 0.15) is 5.56 Å². The first-order valence-electron chi connectivity index (χ1n) is 18.3. The highest BCUT2D eigenvalue weighted by Gasteiger charge is 2.18. The van der Waals surface area contributed by atoms with Crippen molar-refractivity contribution in [3.63, 3.8) is 0 Å². The summed E-state index contributed by atoms with van der Waals surface area (Å²) >= 11 is 0. The minimum absolute atomic E-state index is 0.606. The molecule has 254 valence electrons. The van der Waals surface area contributed by atoms with Gasteiger partial charge in [-0.15, -0.1) is 0 Å². The third kappa shape index (κ3) is 4.51. The van der Waals surface area contributed by atoms with Crippen molar-refractivity contribution in [1.29, 1.82) is 5.26 Å². The highest BCUT2D eigenvalue weighted by Crippen LogP contribution is 2.40. The van der Waals surface area contributed by atoms with Crippen LogP contribution in [-0.2, 0) is 0 Å². The minimum atomic E-state index is 0.606. The number of hydrogen-bond acceptors (Lipinski definition) is 1. The standard InChI is InChI=1S/C50H29N5/c1-52-43-25-21-34(29-50(43)55-46-16-8-4-12-39(46)40-13-5-9-17-47(40)55)33-19-22-35(23-20-33)53-48-26-18-32(31-51)28-41(48)42-30-36(24-27-49(42)53)54-44-14-6-2-10-37(44)38-11-3-7-15-45(38)54/h2-30H. The van der Waals surface area contributed by atoms with Crippen molar-refractivity contribution in [3.05, 3.63) is 193 Å². The molecule has 0 N–H and O–H groups in total. The second kappa shape index (κ2) is 11.8. The molecule has 0 amide bonds. The Balaban J connectivity index is 1.06. The van der Waals surface area contributed by atoms with Crippen LogP contribution in [0.15, 0.2) is 176 Å². The van der Waals surface area contributed by atoms with Gasteiger partial charge in [0.15, 0.2) is 0 Å². The van der Waals surface area contributed by atoms with Crippen molar-refractivity contribution in [1.82, 2.24) is 13.7 Å². The third-order valence-electron chi connectivity index (χ3n) is 11.1. The van der Waals surface area contributed by atoms with E-state index in [1.54, 1.807) is 0 Å². The maximum atomic E-state index is 9.91. The zero-order valence-electron chi connectivity index (χ0n) is 29.5. The smallest absolute Gasteiger partial charge is 0.210 e. The molecule has 0 atom stereocenters. The maximum Gasteiger partial charge on any atom is 0.210 e. The van der Waals surface area contributed by atoms with Gasteiger partial charge in [-0.3, -0.25) is 0 Å². The minimum Gasteiger partial charge on any atom is -0.319 e. The molecule has 5 nitrogen and oxygen atoms in total. The lowest BCUT2D eigenvalue weighted by Gasteiger charge is -2.14. The van der Waals surface area contributed by atoms with E-state index in [0.717, 1.165) is 72.1 Å². The summed E-state index contributed by atoms with van der Waals surface area (Å²) in [5, 5.41) is 16.8. The number of hydrogen-bond donors (Lipinski definition) is 0. The van der Waals surface area contributed by atoms with E-state index in [4.69, 9.17) is 6.57 Å². The Bertz CT molecular complexity index is 3350. The van der Waals surface area contributed by atoms with Gasteiger partial charge >= 0.3 is 0 Å². The van der Waals surface area contributed by atoms with Crippen LogP contribution >= 0.6 is 0 Å². The fraction of sp³-hybridized carbons (Fsp3) is 0. The van der Waals surface area contributed by atoms with E-state index in [2.05, 4.69) is 176 Å². The van der Waals surface area contributed by atoms with Crippen LogP contribution in [0.3, 0.4) is 0 Å². The predicted molar refractivity (Wildman–Crippen MR) is 226 cm³/mol. The van der Waals surface area contributed by atoms with Crippen molar-refractivity contribution >= 4 is 71.1 Å².